The number of hydrogen-bond acceptors (Lipinski definition) is 3. The lowest BCUT2D eigenvalue weighted by Gasteiger charge is -1.99. The molecule has 0 aliphatic heterocycles. The van der Waals surface area contributed by atoms with E-state index in [0.717, 1.165) is 17.0 Å². The van der Waals surface area contributed by atoms with Crippen LogP contribution >= 0.6 is 11.3 Å². The number of carboxylic acids is 1. The predicted octanol–water partition coefficient (Wildman–Crippen LogP) is 2.99. The molecule has 0 saturated heterocycles. The van der Waals surface area contributed by atoms with E-state index >= 15 is 0 Å². The lowest BCUT2D eigenvalue weighted by Crippen LogP contribution is -1.91. The molecule has 17 heavy (non-hydrogen) atoms. The molecule has 1 N–H and O–H groups in total. The third-order valence-corrected chi connectivity index (χ3v) is 3.60. The molecule has 0 radical (unpaired) electrons. The third-order valence-electron chi connectivity index (χ3n) is 2.52. The topological polar surface area (TPSA) is 50.2 Å². The first kappa shape index (κ1) is 11.8. The van der Waals surface area contributed by atoms with Crippen molar-refractivity contribution in [2.45, 2.75) is 19.8 Å². The fourth-order valence-electron chi connectivity index (χ4n) is 1.54. The fraction of sp³-hybridized carbons (Fsp3) is 0.231. The number of rotatable bonds is 4. The van der Waals surface area contributed by atoms with Gasteiger partial charge in [0.2, 0.25) is 0 Å². The van der Waals surface area contributed by atoms with Gasteiger partial charge in [0.05, 0.1) is 0 Å². The van der Waals surface area contributed by atoms with Crippen molar-refractivity contribution in [1.82, 2.24) is 4.98 Å². The Kier molecular flexibility index (Phi) is 3.54. The number of nitrogens with zero attached hydrogens (tertiary/aromatic N) is 1. The first-order chi connectivity index (χ1) is 8.19. The molecule has 4 heteroatoms. The number of carbonyl (C=O) groups is 1. The molecule has 0 aliphatic rings. The fourth-order valence-corrected chi connectivity index (χ4v) is 2.40. The Morgan fingerprint density at radius 1 is 1.35 bits per heavy atom. The van der Waals surface area contributed by atoms with Gasteiger partial charge < -0.3 is 5.11 Å². The highest BCUT2D eigenvalue weighted by molar-refractivity contribution is 7.13. The van der Waals surface area contributed by atoms with Gasteiger partial charge in [0.1, 0.15) is 4.88 Å². The van der Waals surface area contributed by atoms with Crippen LogP contribution in [0.25, 0.3) is 0 Å². The Morgan fingerprint density at radius 2 is 2.18 bits per heavy atom. The van der Waals surface area contributed by atoms with Crippen LogP contribution in [0, 0.1) is 0 Å². The van der Waals surface area contributed by atoms with Gasteiger partial charge in [-0.15, -0.1) is 11.3 Å². The number of thiophene rings is 1. The van der Waals surface area contributed by atoms with Gasteiger partial charge in [-0.2, -0.15) is 0 Å². The van der Waals surface area contributed by atoms with Crippen LogP contribution < -0.4 is 0 Å². The van der Waals surface area contributed by atoms with Gasteiger partial charge in [0.15, 0.2) is 0 Å². The van der Waals surface area contributed by atoms with E-state index in [1.54, 1.807) is 6.07 Å². The standard InChI is InChI=1S/C13H13NO2S/c1-2-9-3-4-10(14-8-9)7-11-5-6-12(17-11)13(15)16/h3-6,8H,2,7H2,1H3,(H,15,16). The van der Waals surface area contributed by atoms with Crippen LogP contribution in [0.5, 0.6) is 0 Å². The molecule has 0 atom stereocenters. The molecular formula is C13H13NO2S. The predicted molar refractivity (Wildman–Crippen MR) is 67.7 cm³/mol. The van der Waals surface area contributed by atoms with Crippen LogP contribution in [0.3, 0.4) is 0 Å². The van der Waals surface area contributed by atoms with Crippen molar-refractivity contribution in [1.29, 1.82) is 0 Å². The van der Waals surface area contributed by atoms with Crippen LogP contribution in [0.4, 0.5) is 0 Å². The van der Waals surface area contributed by atoms with Gasteiger partial charge in [0, 0.05) is 23.2 Å². The number of carboxylic acid groups (broad SMARTS) is 1. The van der Waals surface area contributed by atoms with Gasteiger partial charge in [-0.25, -0.2) is 4.79 Å². The van der Waals surface area contributed by atoms with Crippen LogP contribution in [0.2, 0.25) is 0 Å². The molecule has 0 unspecified atom stereocenters. The van der Waals surface area contributed by atoms with Crippen molar-refractivity contribution >= 4 is 17.3 Å². The lowest BCUT2D eigenvalue weighted by molar-refractivity contribution is 0.0702. The number of aryl methyl sites for hydroxylation is 1. The Balaban J connectivity index is 2.11. The van der Waals surface area contributed by atoms with Crippen molar-refractivity contribution in [2.24, 2.45) is 0 Å². The van der Waals surface area contributed by atoms with Gasteiger partial charge in [-0.3, -0.25) is 4.98 Å². The second-order valence-corrected chi connectivity index (χ2v) is 4.93. The number of pyridine rings is 1. The summed E-state index contributed by atoms with van der Waals surface area (Å²) >= 11 is 1.31. The van der Waals surface area contributed by atoms with Crippen molar-refractivity contribution < 1.29 is 9.90 Å². The Labute approximate surface area is 104 Å². The molecule has 88 valence electrons. The molecule has 2 aromatic heterocycles. The van der Waals surface area contributed by atoms with Crippen molar-refractivity contribution in [3.05, 3.63) is 51.5 Å². The summed E-state index contributed by atoms with van der Waals surface area (Å²) in [5.74, 6) is -0.865. The quantitative estimate of drug-likeness (QED) is 0.903. The van der Waals surface area contributed by atoms with E-state index in [0.29, 0.717) is 11.3 Å². The molecular weight excluding hydrogens is 234 g/mol. The third kappa shape index (κ3) is 2.91. The summed E-state index contributed by atoms with van der Waals surface area (Å²) in [6, 6.07) is 7.55. The smallest absolute Gasteiger partial charge is 0.345 e. The molecule has 2 rings (SSSR count). The number of aromatic nitrogens is 1. The van der Waals surface area contributed by atoms with E-state index in [4.69, 9.17) is 5.11 Å². The normalized spacial score (nSPS) is 10.4. The van der Waals surface area contributed by atoms with Crippen LogP contribution in [0.15, 0.2) is 30.5 Å². The lowest BCUT2D eigenvalue weighted by atomic mass is 10.2. The molecule has 2 aromatic rings. The second kappa shape index (κ2) is 5.10. The molecule has 0 amide bonds. The highest BCUT2D eigenvalue weighted by atomic mass is 32.1. The minimum atomic E-state index is -0.865. The van der Waals surface area contributed by atoms with Crippen molar-refractivity contribution in [2.75, 3.05) is 0 Å². The molecule has 2 heterocycles. The van der Waals surface area contributed by atoms with Crippen LogP contribution in [-0.4, -0.2) is 16.1 Å². The molecule has 0 fully saturated rings. The number of aromatic carboxylic acids is 1. The molecule has 0 bridgehead atoms. The van der Waals surface area contributed by atoms with Gasteiger partial charge in [-0.1, -0.05) is 13.0 Å². The number of hydrogen-bond donors (Lipinski definition) is 1. The van der Waals surface area contributed by atoms with Gasteiger partial charge in [-0.05, 0) is 30.2 Å². The SMILES string of the molecule is CCc1ccc(Cc2ccc(C(=O)O)s2)nc1. The average Bonchev–Trinajstić information content (AvgIpc) is 2.79. The van der Waals surface area contributed by atoms with E-state index in [9.17, 15) is 4.79 Å². The Morgan fingerprint density at radius 3 is 2.71 bits per heavy atom. The summed E-state index contributed by atoms with van der Waals surface area (Å²) in [6.07, 6.45) is 3.55. The van der Waals surface area contributed by atoms with E-state index in [2.05, 4.69) is 18.0 Å². The summed E-state index contributed by atoms with van der Waals surface area (Å²) in [6.45, 7) is 2.09. The van der Waals surface area contributed by atoms with E-state index < -0.39 is 5.97 Å². The molecule has 0 spiro atoms. The Hall–Kier alpha value is -1.68. The maximum absolute atomic E-state index is 10.7. The Bertz CT molecular complexity index is 516. The maximum Gasteiger partial charge on any atom is 0.345 e. The maximum atomic E-state index is 10.7. The monoisotopic (exact) mass is 247 g/mol. The van der Waals surface area contributed by atoms with E-state index in [1.165, 1.54) is 16.9 Å². The van der Waals surface area contributed by atoms with Crippen LogP contribution in [-0.2, 0) is 12.8 Å². The minimum absolute atomic E-state index is 0.380. The summed E-state index contributed by atoms with van der Waals surface area (Å²) < 4.78 is 0. The largest absolute Gasteiger partial charge is 0.477 e. The van der Waals surface area contributed by atoms with E-state index in [1.807, 2.05) is 18.3 Å². The zero-order valence-corrected chi connectivity index (χ0v) is 10.3. The summed E-state index contributed by atoms with van der Waals surface area (Å²) in [7, 11) is 0. The first-order valence-electron chi connectivity index (χ1n) is 5.45. The summed E-state index contributed by atoms with van der Waals surface area (Å²) in [5.41, 5.74) is 2.19. The zero-order valence-electron chi connectivity index (χ0n) is 9.51. The second-order valence-electron chi connectivity index (χ2n) is 3.76. The summed E-state index contributed by atoms with van der Waals surface area (Å²) in [4.78, 5) is 16.5. The zero-order chi connectivity index (χ0) is 12.3. The van der Waals surface area contributed by atoms with Gasteiger partial charge in [0.25, 0.3) is 0 Å². The highest BCUT2D eigenvalue weighted by Crippen LogP contribution is 2.19. The van der Waals surface area contributed by atoms with Crippen molar-refractivity contribution in [3.8, 4) is 0 Å². The van der Waals surface area contributed by atoms with Crippen molar-refractivity contribution in [3.63, 3.8) is 0 Å². The van der Waals surface area contributed by atoms with Crippen LogP contribution in [0.1, 0.15) is 32.7 Å². The van der Waals surface area contributed by atoms with Gasteiger partial charge >= 0.3 is 5.97 Å². The molecule has 3 nitrogen and oxygen atoms in total. The summed E-state index contributed by atoms with van der Waals surface area (Å²) in [5, 5.41) is 8.83. The molecule has 0 aliphatic carbocycles. The first-order valence-corrected chi connectivity index (χ1v) is 6.26. The van der Waals surface area contributed by atoms with E-state index in [-0.39, 0.29) is 0 Å². The average molecular weight is 247 g/mol. The molecule has 0 saturated carbocycles. The minimum Gasteiger partial charge on any atom is -0.477 e. The highest BCUT2D eigenvalue weighted by Gasteiger charge is 2.07. The molecule has 0 aromatic carbocycles.